The molecule has 0 bridgehead atoms. The summed E-state index contributed by atoms with van der Waals surface area (Å²) in [6, 6.07) is 7.43. The van der Waals surface area contributed by atoms with Gasteiger partial charge in [-0.3, -0.25) is 0 Å². The fourth-order valence-electron chi connectivity index (χ4n) is 1.50. The molecule has 0 saturated heterocycles. The molecule has 0 spiro atoms. The predicted molar refractivity (Wildman–Crippen MR) is 68.3 cm³/mol. The Morgan fingerprint density at radius 3 is 2.59 bits per heavy atom. The number of methoxy groups -OCH3 is 2. The molecule has 0 saturated carbocycles. The van der Waals surface area contributed by atoms with Crippen LogP contribution in [-0.2, 0) is 0 Å². The van der Waals surface area contributed by atoms with E-state index in [9.17, 15) is 0 Å². The van der Waals surface area contributed by atoms with Crippen molar-refractivity contribution in [1.82, 2.24) is 9.97 Å². The molecule has 1 aromatic carbocycles. The maximum Gasteiger partial charge on any atom is 0.197 e. The smallest absolute Gasteiger partial charge is 0.197 e. The van der Waals surface area contributed by atoms with E-state index in [1.54, 1.807) is 20.4 Å². The molecule has 4 nitrogen and oxygen atoms in total. The highest BCUT2D eigenvalue weighted by Crippen LogP contribution is 2.32. The van der Waals surface area contributed by atoms with Gasteiger partial charge < -0.3 is 9.47 Å². The molecule has 0 aliphatic carbocycles. The van der Waals surface area contributed by atoms with Crippen LogP contribution in [0.3, 0.4) is 0 Å². The van der Waals surface area contributed by atoms with Gasteiger partial charge in [0.25, 0.3) is 0 Å². The van der Waals surface area contributed by atoms with Crippen molar-refractivity contribution in [3.63, 3.8) is 0 Å². The lowest BCUT2D eigenvalue weighted by atomic mass is 10.1. The zero-order valence-electron chi connectivity index (χ0n) is 9.48. The lowest BCUT2D eigenvalue weighted by Gasteiger charge is -2.09. The highest BCUT2D eigenvalue weighted by Gasteiger charge is 2.09. The van der Waals surface area contributed by atoms with Gasteiger partial charge in [0.15, 0.2) is 4.73 Å². The van der Waals surface area contributed by atoms with E-state index in [1.165, 1.54) is 0 Å². The van der Waals surface area contributed by atoms with Crippen LogP contribution >= 0.6 is 15.9 Å². The number of nitrogens with zero attached hydrogens (tertiary/aromatic N) is 2. The highest BCUT2D eigenvalue weighted by molar-refractivity contribution is 9.10. The summed E-state index contributed by atoms with van der Waals surface area (Å²) >= 11 is 3.25. The third-order valence-corrected chi connectivity index (χ3v) is 2.69. The van der Waals surface area contributed by atoms with Crippen LogP contribution in [0, 0.1) is 0 Å². The van der Waals surface area contributed by atoms with Gasteiger partial charge in [-0.05, 0) is 34.1 Å². The number of ether oxygens (including phenoxy) is 2. The molecule has 1 aromatic heterocycles. The normalized spacial score (nSPS) is 10.1. The quantitative estimate of drug-likeness (QED) is 0.817. The SMILES string of the molecule is COc1ccc(-c2ccnc(Br)n2)c(OC)c1. The standard InChI is InChI=1S/C12H11BrN2O2/c1-16-8-3-4-9(11(7-8)17-2)10-5-6-14-12(13)15-10/h3-7H,1-2H3. The van der Waals surface area contributed by atoms with Crippen LogP contribution in [0.1, 0.15) is 0 Å². The molecule has 17 heavy (non-hydrogen) atoms. The van der Waals surface area contributed by atoms with Crippen molar-refractivity contribution in [3.8, 4) is 22.8 Å². The first kappa shape index (κ1) is 11.9. The van der Waals surface area contributed by atoms with E-state index >= 15 is 0 Å². The molecule has 0 unspecified atom stereocenters. The second-order valence-corrected chi connectivity index (χ2v) is 3.99. The molecular formula is C12H11BrN2O2. The van der Waals surface area contributed by atoms with Gasteiger partial charge in [0, 0.05) is 17.8 Å². The minimum Gasteiger partial charge on any atom is -0.497 e. The molecule has 88 valence electrons. The topological polar surface area (TPSA) is 44.2 Å². The predicted octanol–water partition coefficient (Wildman–Crippen LogP) is 2.92. The van der Waals surface area contributed by atoms with Crippen molar-refractivity contribution < 1.29 is 9.47 Å². The lowest BCUT2D eigenvalue weighted by molar-refractivity contribution is 0.395. The zero-order valence-corrected chi connectivity index (χ0v) is 11.1. The summed E-state index contributed by atoms with van der Waals surface area (Å²) in [6.45, 7) is 0. The molecule has 0 N–H and O–H groups in total. The summed E-state index contributed by atoms with van der Waals surface area (Å²) in [5.74, 6) is 1.47. The number of hydrogen-bond donors (Lipinski definition) is 0. The van der Waals surface area contributed by atoms with E-state index in [4.69, 9.17) is 9.47 Å². The van der Waals surface area contributed by atoms with Gasteiger partial charge in [-0.15, -0.1) is 0 Å². The molecule has 0 amide bonds. The minimum absolute atomic E-state index is 0.549. The molecule has 0 fully saturated rings. The summed E-state index contributed by atoms with van der Waals surface area (Å²) in [4.78, 5) is 8.29. The second kappa shape index (κ2) is 5.14. The van der Waals surface area contributed by atoms with Crippen molar-refractivity contribution in [2.24, 2.45) is 0 Å². The molecule has 0 aliphatic heterocycles. The molecule has 2 rings (SSSR count). The van der Waals surface area contributed by atoms with Gasteiger partial charge in [0.2, 0.25) is 0 Å². The van der Waals surface area contributed by atoms with E-state index in [0.717, 1.165) is 22.8 Å². The van der Waals surface area contributed by atoms with Crippen molar-refractivity contribution >= 4 is 15.9 Å². The molecule has 5 heteroatoms. The van der Waals surface area contributed by atoms with E-state index in [1.807, 2.05) is 24.3 Å². The van der Waals surface area contributed by atoms with E-state index in [-0.39, 0.29) is 0 Å². The Kier molecular flexibility index (Phi) is 3.58. The van der Waals surface area contributed by atoms with Crippen LogP contribution in [-0.4, -0.2) is 24.2 Å². The fraction of sp³-hybridized carbons (Fsp3) is 0.167. The average molecular weight is 295 g/mol. The summed E-state index contributed by atoms with van der Waals surface area (Å²) in [7, 11) is 3.24. The monoisotopic (exact) mass is 294 g/mol. The fourth-order valence-corrected chi connectivity index (χ4v) is 1.80. The summed E-state index contributed by atoms with van der Waals surface area (Å²) in [6.07, 6.45) is 1.69. The van der Waals surface area contributed by atoms with Gasteiger partial charge in [-0.1, -0.05) is 0 Å². The van der Waals surface area contributed by atoms with Crippen LogP contribution in [0.5, 0.6) is 11.5 Å². The third-order valence-electron chi connectivity index (χ3n) is 2.31. The third kappa shape index (κ3) is 2.55. The maximum absolute atomic E-state index is 5.33. The van der Waals surface area contributed by atoms with Crippen LogP contribution in [0.4, 0.5) is 0 Å². The first-order valence-corrected chi connectivity index (χ1v) is 5.75. The molecule has 0 radical (unpaired) electrons. The number of benzene rings is 1. The number of halogens is 1. The van der Waals surface area contributed by atoms with Crippen molar-refractivity contribution in [2.75, 3.05) is 14.2 Å². The van der Waals surface area contributed by atoms with Crippen LogP contribution < -0.4 is 9.47 Å². The minimum atomic E-state index is 0.549. The largest absolute Gasteiger partial charge is 0.497 e. The van der Waals surface area contributed by atoms with Gasteiger partial charge in [0.1, 0.15) is 11.5 Å². The van der Waals surface area contributed by atoms with E-state index in [2.05, 4.69) is 25.9 Å². The second-order valence-electron chi connectivity index (χ2n) is 3.28. The number of rotatable bonds is 3. The Hall–Kier alpha value is -1.62. The van der Waals surface area contributed by atoms with Crippen molar-refractivity contribution in [3.05, 3.63) is 35.2 Å². The highest BCUT2D eigenvalue weighted by atomic mass is 79.9. The van der Waals surface area contributed by atoms with Crippen LogP contribution in [0.2, 0.25) is 0 Å². The number of aromatic nitrogens is 2. The van der Waals surface area contributed by atoms with Crippen LogP contribution in [0.15, 0.2) is 35.2 Å². The zero-order chi connectivity index (χ0) is 12.3. The molecule has 0 aliphatic rings. The Bertz CT molecular complexity index is 532. The summed E-state index contributed by atoms with van der Waals surface area (Å²) in [5, 5.41) is 0. The Morgan fingerprint density at radius 2 is 1.94 bits per heavy atom. The molecule has 2 aromatic rings. The van der Waals surface area contributed by atoms with Crippen molar-refractivity contribution in [1.29, 1.82) is 0 Å². The van der Waals surface area contributed by atoms with Crippen molar-refractivity contribution in [2.45, 2.75) is 0 Å². The average Bonchev–Trinajstić information content (AvgIpc) is 2.38. The first-order chi connectivity index (χ1) is 8.24. The summed E-state index contributed by atoms with van der Waals surface area (Å²) < 4.78 is 11.0. The van der Waals surface area contributed by atoms with Crippen LogP contribution in [0.25, 0.3) is 11.3 Å². The Balaban J connectivity index is 2.51. The Morgan fingerprint density at radius 1 is 1.12 bits per heavy atom. The molecule has 1 heterocycles. The first-order valence-electron chi connectivity index (χ1n) is 4.95. The summed E-state index contributed by atoms with van der Waals surface area (Å²) in [5.41, 5.74) is 1.70. The maximum atomic E-state index is 5.33. The van der Waals surface area contributed by atoms with E-state index in [0.29, 0.717) is 4.73 Å². The van der Waals surface area contributed by atoms with Gasteiger partial charge in [-0.25, -0.2) is 9.97 Å². The molecule has 0 atom stereocenters. The molecular weight excluding hydrogens is 284 g/mol. The Labute approximate surface area is 108 Å². The van der Waals surface area contributed by atoms with Gasteiger partial charge >= 0.3 is 0 Å². The number of hydrogen-bond acceptors (Lipinski definition) is 4. The van der Waals surface area contributed by atoms with E-state index < -0.39 is 0 Å². The van der Waals surface area contributed by atoms with Gasteiger partial charge in [0.05, 0.1) is 19.9 Å². The lowest BCUT2D eigenvalue weighted by Crippen LogP contribution is -1.93. The van der Waals surface area contributed by atoms with Gasteiger partial charge in [-0.2, -0.15) is 0 Å².